The van der Waals surface area contributed by atoms with Crippen LogP contribution in [0.4, 0.5) is 8.78 Å². The highest BCUT2D eigenvalue weighted by Crippen LogP contribution is 2.22. The Hall–Kier alpha value is -0.960. The number of hydrogen-bond acceptors (Lipinski definition) is 1. The minimum absolute atomic E-state index is 0.0456. The van der Waals surface area contributed by atoms with Gasteiger partial charge in [0.2, 0.25) is 0 Å². The highest BCUT2D eigenvalue weighted by atomic mass is 19.1. The molecule has 0 aliphatic heterocycles. The standard InChI is InChI=1S/C11H15F2N/c1-7(8(2)14-3)10-6-9(12)4-5-11(10)13/h4-8,14H,1-3H3. The Morgan fingerprint density at radius 3 is 2.43 bits per heavy atom. The number of rotatable bonds is 3. The van der Waals surface area contributed by atoms with Crippen molar-refractivity contribution >= 4 is 0 Å². The van der Waals surface area contributed by atoms with Gasteiger partial charge in [0.25, 0.3) is 0 Å². The van der Waals surface area contributed by atoms with Crippen LogP contribution in [0, 0.1) is 11.6 Å². The third-order valence-corrected chi connectivity index (χ3v) is 2.65. The Labute approximate surface area is 83.1 Å². The third kappa shape index (κ3) is 2.29. The predicted octanol–water partition coefficient (Wildman–Crippen LogP) is 2.68. The van der Waals surface area contributed by atoms with Gasteiger partial charge in [0.05, 0.1) is 0 Å². The molecule has 0 saturated carbocycles. The molecule has 0 aliphatic rings. The molecule has 0 aliphatic carbocycles. The van der Waals surface area contributed by atoms with Crippen LogP contribution in [0.3, 0.4) is 0 Å². The number of halogens is 2. The van der Waals surface area contributed by atoms with E-state index < -0.39 is 5.82 Å². The summed E-state index contributed by atoms with van der Waals surface area (Å²) >= 11 is 0. The minimum atomic E-state index is -0.392. The van der Waals surface area contributed by atoms with E-state index in [9.17, 15) is 8.78 Å². The van der Waals surface area contributed by atoms with E-state index in [1.807, 2.05) is 13.8 Å². The summed E-state index contributed by atoms with van der Waals surface area (Å²) in [6.45, 7) is 3.81. The van der Waals surface area contributed by atoms with Crippen molar-refractivity contribution < 1.29 is 8.78 Å². The van der Waals surface area contributed by atoms with Crippen LogP contribution < -0.4 is 5.32 Å². The minimum Gasteiger partial charge on any atom is -0.317 e. The first-order valence-electron chi connectivity index (χ1n) is 4.68. The molecular formula is C11H15F2N. The van der Waals surface area contributed by atoms with Crippen molar-refractivity contribution in [2.45, 2.75) is 25.8 Å². The lowest BCUT2D eigenvalue weighted by Crippen LogP contribution is -2.27. The maximum absolute atomic E-state index is 13.3. The fraction of sp³-hybridized carbons (Fsp3) is 0.455. The van der Waals surface area contributed by atoms with Crippen LogP contribution in [-0.4, -0.2) is 13.1 Å². The third-order valence-electron chi connectivity index (χ3n) is 2.65. The summed E-state index contributed by atoms with van der Waals surface area (Å²) in [5.74, 6) is -0.784. The van der Waals surface area contributed by atoms with E-state index in [0.717, 1.165) is 6.07 Å². The molecular weight excluding hydrogens is 184 g/mol. The van der Waals surface area contributed by atoms with Gasteiger partial charge in [0.15, 0.2) is 0 Å². The van der Waals surface area contributed by atoms with E-state index in [0.29, 0.717) is 5.56 Å². The molecule has 0 radical (unpaired) electrons. The Bertz CT molecular complexity index is 312. The molecule has 1 nitrogen and oxygen atoms in total. The molecule has 1 rings (SSSR count). The van der Waals surface area contributed by atoms with Gasteiger partial charge in [0, 0.05) is 6.04 Å². The molecule has 3 heteroatoms. The highest BCUT2D eigenvalue weighted by molar-refractivity contribution is 5.23. The van der Waals surface area contributed by atoms with E-state index in [4.69, 9.17) is 0 Å². The first-order chi connectivity index (χ1) is 6.56. The average Bonchev–Trinajstić information content (AvgIpc) is 2.19. The molecule has 0 amide bonds. The average molecular weight is 199 g/mol. The Kier molecular flexibility index (Phi) is 3.58. The van der Waals surface area contributed by atoms with Crippen LogP contribution in [0.2, 0.25) is 0 Å². The van der Waals surface area contributed by atoms with Crippen LogP contribution >= 0.6 is 0 Å². The van der Waals surface area contributed by atoms with Crippen molar-refractivity contribution in [2.24, 2.45) is 0 Å². The molecule has 2 unspecified atom stereocenters. The summed E-state index contributed by atoms with van der Waals surface area (Å²) in [7, 11) is 1.80. The molecule has 0 spiro atoms. The zero-order valence-electron chi connectivity index (χ0n) is 8.64. The van der Waals surface area contributed by atoms with Gasteiger partial charge in [-0.25, -0.2) is 8.78 Å². The van der Waals surface area contributed by atoms with Crippen molar-refractivity contribution in [2.75, 3.05) is 7.05 Å². The SMILES string of the molecule is CNC(C)C(C)c1cc(F)ccc1F. The summed E-state index contributed by atoms with van der Waals surface area (Å²) in [5.41, 5.74) is 0.423. The van der Waals surface area contributed by atoms with Gasteiger partial charge in [0.1, 0.15) is 11.6 Å². The Balaban J connectivity index is 2.99. The smallest absolute Gasteiger partial charge is 0.126 e. The number of hydrogen-bond donors (Lipinski definition) is 1. The summed E-state index contributed by atoms with van der Waals surface area (Å²) in [6.07, 6.45) is 0. The quantitative estimate of drug-likeness (QED) is 0.789. The van der Waals surface area contributed by atoms with E-state index in [1.54, 1.807) is 7.05 Å². The first kappa shape index (κ1) is 11.1. The number of likely N-dealkylation sites (N-methyl/N-ethyl adjacent to an activating group) is 1. The van der Waals surface area contributed by atoms with Crippen LogP contribution in [0.5, 0.6) is 0 Å². The second kappa shape index (κ2) is 4.51. The highest BCUT2D eigenvalue weighted by Gasteiger charge is 2.16. The number of nitrogens with one attached hydrogen (secondary N) is 1. The van der Waals surface area contributed by atoms with Gasteiger partial charge in [-0.3, -0.25) is 0 Å². The molecule has 1 aromatic rings. The molecule has 0 fully saturated rings. The Morgan fingerprint density at radius 2 is 1.86 bits per heavy atom. The van der Waals surface area contributed by atoms with Gasteiger partial charge >= 0.3 is 0 Å². The van der Waals surface area contributed by atoms with Crippen LogP contribution in [0.1, 0.15) is 25.3 Å². The molecule has 2 atom stereocenters. The molecule has 0 saturated heterocycles. The van der Waals surface area contributed by atoms with E-state index in [1.165, 1.54) is 12.1 Å². The molecule has 0 aromatic heterocycles. The lowest BCUT2D eigenvalue weighted by Gasteiger charge is -2.20. The van der Waals surface area contributed by atoms with E-state index in [2.05, 4.69) is 5.32 Å². The molecule has 1 N–H and O–H groups in total. The van der Waals surface area contributed by atoms with Crippen LogP contribution in [-0.2, 0) is 0 Å². The fourth-order valence-corrected chi connectivity index (χ4v) is 1.38. The molecule has 78 valence electrons. The van der Waals surface area contributed by atoms with Crippen LogP contribution in [0.25, 0.3) is 0 Å². The van der Waals surface area contributed by atoms with Crippen molar-refractivity contribution in [3.05, 3.63) is 35.4 Å². The van der Waals surface area contributed by atoms with Crippen LogP contribution in [0.15, 0.2) is 18.2 Å². The maximum Gasteiger partial charge on any atom is 0.126 e. The normalized spacial score (nSPS) is 15.2. The summed E-state index contributed by atoms with van der Waals surface area (Å²) in [6, 6.07) is 3.68. The molecule has 0 bridgehead atoms. The molecule has 14 heavy (non-hydrogen) atoms. The van der Waals surface area contributed by atoms with Crippen molar-refractivity contribution in [1.29, 1.82) is 0 Å². The second-order valence-corrected chi connectivity index (χ2v) is 3.53. The summed E-state index contributed by atoms with van der Waals surface area (Å²) < 4.78 is 26.2. The predicted molar refractivity (Wildman–Crippen MR) is 53.3 cm³/mol. The molecule has 1 aromatic carbocycles. The maximum atomic E-state index is 13.3. The zero-order chi connectivity index (χ0) is 10.7. The first-order valence-corrected chi connectivity index (χ1v) is 4.68. The number of benzene rings is 1. The second-order valence-electron chi connectivity index (χ2n) is 3.53. The van der Waals surface area contributed by atoms with Gasteiger partial charge in [-0.05, 0) is 43.7 Å². The van der Waals surface area contributed by atoms with E-state index in [-0.39, 0.29) is 17.8 Å². The largest absolute Gasteiger partial charge is 0.317 e. The lowest BCUT2D eigenvalue weighted by atomic mass is 9.94. The van der Waals surface area contributed by atoms with Crippen molar-refractivity contribution in [3.63, 3.8) is 0 Å². The summed E-state index contributed by atoms with van der Waals surface area (Å²) in [5, 5.41) is 3.02. The zero-order valence-corrected chi connectivity index (χ0v) is 8.64. The van der Waals surface area contributed by atoms with Gasteiger partial charge in [-0.2, -0.15) is 0 Å². The van der Waals surface area contributed by atoms with Gasteiger partial charge in [-0.15, -0.1) is 0 Å². The lowest BCUT2D eigenvalue weighted by molar-refractivity contribution is 0.492. The fourth-order valence-electron chi connectivity index (χ4n) is 1.38. The monoisotopic (exact) mass is 199 g/mol. The van der Waals surface area contributed by atoms with Crippen molar-refractivity contribution in [3.8, 4) is 0 Å². The molecule has 0 heterocycles. The topological polar surface area (TPSA) is 12.0 Å². The Morgan fingerprint density at radius 1 is 1.21 bits per heavy atom. The summed E-state index contributed by atoms with van der Waals surface area (Å²) in [4.78, 5) is 0. The van der Waals surface area contributed by atoms with E-state index >= 15 is 0 Å². The van der Waals surface area contributed by atoms with Gasteiger partial charge < -0.3 is 5.32 Å². The van der Waals surface area contributed by atoms with Gasteiger partial charge in [-0.1, -0.05) is 6.92 Å². The van der Waals surface area contributed by atoms with Crippen molar-refractivity contribution in [1.82, 2.24) is 5.32 Å².